The summed E-state index contributed by atoms with van der Waals surface area (Å²) in [6.07, 6.45) is 4.68. The summed E-state index contributed by atoms with van der Waals surface area (Å²) in [6, 6.07) is 16.7. The zero-order chi connectivity index (χ0) is 24.9. The first kappa shape index (κ1) is 23.5. The number of ether oxygens (including phenoxy) is 2. The van der Waals surface area contributed by atoms with Gasteiger partial charge in [0.2, 0.25) is 5.91 Å². The topological polar surface area (TPSA) is 101 Å². The molecule has 1 saturated heterocycles. The van der Waals surface area contributed by atoms with Crippen LogP contribution in [0.3, 0.4) is 0 Å². The molecule has 184 valence electrons. The molecule has 4 aromatic rings. The van der Waals surface area contributed by atoms with Gasteiger partial charge in [-0.3, -0.25) is 14.6 Å². The minimum absolute atomic E-state index is 0.0250. The van der Waals surface area contributed by atoms with Crippen molar-refractivity contribution in [2.24, 2.45) is 0 Å². The van der Waals surface area contributed by atoms with E-state index in [9.17, 15) is 9.59 Å². The van der Waals surface area contributed by atoms with Gasteiger partial charge in [0.15, 0.2) is 0 Å². The second-order valence-electron chi connectivity index (χ2n) is 8.74. The van der Waals surface area contributed by atoms with Crippen molar-refractivity contribution in [3.8, 4) is 5.75 Å². The van der Waals surface area contributed by atoms with Crippen molar-refractivity contribution in [3.63, 3.8) is 0 Å². The second-order valence-corrected chi connectivity index (χ2v) is 8.74. The number of pyridine rings is 1. The summed E-state index contributed by atoms with van der Waals surface area (Å²) in [4.78, 5) is 41.5. The van der Waals surface area contributed by atoms with Gasteiger partial charge in [-0.2, -0.15) is 0 Å². The van der Waals surface area contributed by atoms with Gasteiger partial charge in [0.05, 0.1) is 37.2 Å². The van der Waals surface area contributed by atoms with E-state index in [1.54, 1.807) is 53.8 Å². The van der Waals surface area contributed by atoms with Crippen LogP contribution in [0.2, 0.25) is 0 Å². The molecule has 1 aliphatic heterocycles. The van der Waals surface area contributed by atoms with Crippen LogP contribution < -0.4 is 4.74 Å². The highest BCUT2D eigenvalue weighted by Crippen LogP contribution is 2.19. The Labute approximate surface area is 208 Å². The van der Waals surface area contributed by atoms with E-state index in [2.05, 4.69) is 15.0 Å². The maximum atomic E-state index is 13.5. The number of fused-ring (bicyclic) bond motifs is 1. The number of hydrogen-bond donors (Lipinski definition) is 1. The largest absolute Gasteiger partial charge is 0.497 e. The van der Waals surface area contributed by atoms with Gasteiger partial charge in [-0.05, 0) is 47.5 Å². The molecule has 0 bridgehead atoms. The van der Waals surface area contributed by atoms with Gasteiger partial charge in [-0.25, -0.2) is 4.98 Å². The molecular weight excluding hydrogens is 458 g/mol. The number of methoxy groups -OCH3 is 1. The maximum Gasteiger partial charge on any atom is 0.254 e. The molecule has 1 unspecified atom stereocenters. The van der Waals surface area contributed by atoms with Gasteiger partial charge < -0.3 is 24.3 Å². The molecule has 2 aromatic carbocycles. The number of imidazole rings is 1. The summed E-state index contributed by atoms with van der Waals surface area (Å²) in [5.74, 6) is 0.403. The molecule has 36 heavy (non-hydrogen) atoms. The molecule has 0 radical (unpaired) electrons. The number of carbonyl (C=O) groups excluding carboxylic acids is 2. The zero-order valence-corrected chi connectivity index (χ0v) is 20.0. The Balaban J connectivity index is 1.36. The molecule has 9 nitrogen and oxygen atoms in total. The number of H-pyrrole nitrogens is 1. The van der Waals surface area contributed by atoms with Crippen molar-refractivity contribution in [2.75, 3.05) is 26.7 Å². The van der Waals surface area contributed by atoms with Gasteiger partial charge in [0, 0.05) is 37.6 Å². The lowest BCUT2D eigenvalue weighted by atomic mass is 10.1. The van der Waals surface area contributed by atoms with Crippen LogP contribution in [0, 0.1) is 0 Å². The Morgan fingerprint density at radius 2 is 1.97 bits per heavy atom. The maximum absolute atomic E-state index is 13.5. The van der Waals surface area contributed by atoms with E-state index in [-0.39, 0.29) is 24.5 Å². The van der Waals surface area contributed by atoms with Gasteiger partial charge in [0.1, 0.15) is 12.3 Å². The highest BCUT2D eigenvalue weighted by atomic mass is 16.5. The lowest BCUT2D eigenvalue weighted by molar-refractivity contribution is -0.132. The number of nitrogens with one attached hydrogen (secondary N) is 1. The predicted octanol–water partition coefficient (Wildman–Crippen LogP) is 3.04. The highest BCUT2D eigenvalue weighted by molar-refractivity contribution is 5.99. The third-order valence-electron chi connectivity index (χ3n) is 6.22. The highest BCUT2D eigenvalue weighted by Gasteiger charge is 2.31. The normalized spacial score (nSPS) is 16.2. The van der Waals surface area contributed by atoms with Crippen molar-refractivity contribution in [1.82, 2.24) is 24.8 Å². The average molecular weight is 486 g/mol. The fraction of sp³-hybridized carbons (Fsp3) is 0.259. The number of aromatic amines is 1. The first-order chi connectivity index (χ1) is 17.6. The second kappa shape index (κ2) is 10.6. The molecule has 1 N–H and O–H groups in total. The van der Waals surface area contributed by atoms with Crippen molar-refractivity contribution in [2.45, 2.75) is 19.3 Å². The lowest BCUT2D eigenvalue weighted by Crippen LogP contribution is -2.39. The van der Waals surface area contributed by atoms with E-state index in [1.807, 2.05) is 36.4 Å². The average Bonchev–Trinajstić information content (AvgIpc) is 3.33. The first-order valence-corrected chi connectivity index (χ1v) is 11.7. The lowest BCUT2D eigenvalue weighted by Gasteiger charge is -2.25. The number of amides is 2. The number of benzene rings is 2. The van der Waals surface area contributed by atoms with Crippen LogP contribution in [0.4, 0.5) is 0 Å². The van der Waals surface area contributed by atoms with Crippen molar-refractivity contribution < 1.29 is 19.1 Å². The molecule has 0 saturated carbocycles. The quantitative estimate of drug-likeness (QED) is 0.432. The molecule has 1 aliphatic rings. The van der Waals surface area contributed by atoms with E-state index in [0.29, 0.717) is 31.8 Å². The Kier molecular flexibility index (Phi) is 6.90. The van der Waals surface area contributed by atoms with Crippen molar-refractivity contribution >= 4 is 22.8 Å². The summed E-state index contributed by atoms with van der Waals surface area (Å²) >= 11 is 0. The zero-order valence-electron chi connectivity index (χ0n) is 20.0. The van der Waals surface area contributed by atoms with E-state index in [4.69, 9.17) is 9.47 Å². The molecule has 2 amide bonds. The van der Waals surface area contributed by atoms with E-state index in [1.165, 1.54) is 0 Å². The van der Waals surface area contributed by atoms with Crippen LogP contribution in [0.5, 0.6) is 5.75 Å². The number of nitrogens with zero attached hydrogens (tertiary/aromatic N) is 4. The monoisotopic (exact) mass is 485 g/mol. The number of hydrogen-bond acceptors (Lipinski definition) is 6. The van der Waals surface area contributed by atoms with Gasteiger partial charge in [0.25, 0.3) is 5.91 Å². The summed E-state index contributed by atoms with van der Waals surface area (Å²) in [6.45, 7) is 1.39. The molecule has 3 heterocycles. The van der Waals surface area contributed by atoms with Crippen LogP contribution in [0.15, 0.2) is 73.3 Å². The first-order valence-electron chi connectivity index (χ1n) is 11.7. The smallest absolute Gasteiger partial charge is 0.254 e. The summed E-state index contributed by atoms with van der Waals surface area (Å²) in [5.41, 5.74) is 3.94. The minimum atomic E-state index is -0.366. The number of aromatic nitrogens is 3. The van der Waals surface area contributed by atoms with E-state index >= 15 is 0 Å². The molecule has 5 rings (SSSR count). The molecule has 9 heteroatoms. The summed E-state index contributed by atoms with van der Waals surface area (Å²) in [5, 5.41) is 0. The molecule has 2 aromatic heterocycles. The standard InChI is InChI=1S/C27H27N5O4/c1-35-22-7-4-19(5-8-22)13-31-14-23(36-17-20-3-2-10-28-12-20)15-32(16-26(31)33)27(34)21-6-9-24-25(11-21)30-18-29-24/h2-12,18,23H,13-17H2,1H3,(H,29,30). The molecule has 0 spiro atoms. The van der Waals surface area contributed by atoms with Gasteiger partial charge in [-0.1, -0.05) is 18.2 Å². The van der Waals surface area contributed by atoms with Crippen LogP contribution in [-0.2, 0) is 22.7 Å². The van der Waals surface area contributed by atoms with Crippen LogP contribution >= 0.6 is 0 Å². The van der Waals surface area contributed by atoms with Crippen LogP contribution in [0.25, 0.3) is 11.0 Å². The molecule has 1 atom stereocenters. The molecule has 1 fully saturated rings. The van der Waals surface area contributed by atoms with Crippen molar-refractivity contribution in [1.29, 1.82) is 0 Å². The fourth-order valence-electron chi connectivity index (χ4n) is 4.29. The Morgan fingerprint density at radius 3 is 2.75 bits per heavy atom. The third-order valence-corrected chi connectivity index (χ3v) is 6.22. The third kappa shape index (κ3) is 5.36. The summed E-state index contributed by atoms with van der Waals surface area (Å²) in [7, 11) is 1.62. The van der Waals surface area contributed by atoms with Crippen molar-refractivity contribution in [3.05, 3.63) is 90.0 Å². The Hall–Kier alpha value is -4.24. The fourth-order valence-corrected chi connectivity index (χ4v) is 4.29. The van der Waals surface area contributed by atoms with Crippen LogP contribution in [0.1, 0.15) is 21.5 Å². The minimum Gasteiger partial charge on any atom is -0.497 e. The summed E-state index contributed by atoms with van der Waals surface area (Å²) < 4.78 is 11.5. The van der Waals surface area contributed by atoms with Gasteiger partial charge in [-0.15, -0.1) is 0 Å². The molecule has 0 aliphatic carbocycles. The number of carbonyl (C=O) groups is 2. The Bertz CT molecular complexity index is 1340. The van der Waals surface area contributed by atoms with Gasteiger partial charge >= 0.3 is 0 Å². The van der Waals surface area contributed by atoms with Crippen LogP contribution in [-0.4, -0.2) is 69.4 Å². The molecular formula is C27H27N5O4. The van der Waals surface area contributed by atoms with E-state index in [0.717, 1.165) is 27.9 Å². The number of rotatable bonds is 7. The Morgan fingerprint density at radius 1 is 1.11 bits per heavy atom. The van der Waals surface area contributed by atoms with E-state index < -0.39 is 0 Å². The predicted molar refractivity (Wildman–Crippen MR) is 133 cm³/mol. The SMILES string of the molecule is COc1ccc(CN2CC(OCc3cccnc3)CN(C(=O)c3ccc4nc[nH]c4c3)CC2=O)cc1.